The smallest absolute Gasteiger partial charge is 0.135 e. The molecule has 0 aliphatic rings. The summed E-state index contributed by atoms with van der Waals surface area (Å²) in [4.78, 5) is 0. The van der Waals surface area contributed by atoms with E-state index in [1.165, 1.54) is 5.56 Å². The van der Waals surface area contributed by atoms with E-state index in [1.54, 1.807) is 7.11 Å². The number of hydrogen-bond donors (Lipinski definition) is 1. The molecule has 0 aliphatic heterocycles. The summed E-state index contributed by atoms with van der Waals surface area (Å²) >= 11 is 0. The first-order chi connectivity index (χ1) is 7.19. The topological polar surface area (TPSA) is 21.3 Å². The number of methoxy groups -OCH3 is 1. The quantitative estimate of drug-likeness (QED) is 0.741. The van der Waals surface area contributed by atoms with Gasteiger partial charge in [0.15, 0.2) is 0 Å². The van der Waals surface area contributed by atoms with Crippen LogP contribution in [0, 0.1) is 25.7 Å². The molecule has 0 fully saturated rings. The molecule has 0 bridgehead atoms. The highest BCUT2D eigenvalue weighted by Gasteiger charge is 2.04. The van der Waals surface area contributed by atoms with Gasteiger partial charge in [0.25, 0.3) is 0 Å². The SMILES string of the molecule is CNCC#Cc1c(C)cc(C)cc1OC. The van der Waals surface area contributed by atoms with E-state index < -0.39 is 0 Å². The van der Waals surface area contributed by atoms with Crippen molar-refractivity contribution in [2.45, 2.75) is 13.8 Å². The van der Waals surface area contributed by atoms with E-state index in [-0.39, 0.29) is 0 Å². The second-order valence-corrected chi connectivity index (χ2v) is 3.49. The van der Waals surface area contributed by atoms with Crippen molar-refractivity contribution in [3.8, 4) is 17.6 Å². The molecule has 0 aromatic heterocycles. The lowest BCUT2D eigenvalue weighted by Crippen LogP contribution is -2.04. The maximum atomic E-state index is 5.31. The number of benzene rings is 1. The van der Waals surface area contributed by atoms with Crippen LogP contribution < -0.4 is 10.1 Å². The van der Waals surface area contributed by atoms with Crippen LogP contribution in [-0.2, 0) is 0 Å². The molecule has 2 heteroatoms. The van der Waals surface area contributed by atoms with Crippen molar-refractivity contribution in [2.75, 3.05) is 20.7 Å². The number of nitrogens with one attached hydrogen (secondary N) is 1. The summed E-state index contributed by atoms with van der Waals surface area (Å²) in [5.41, 5.74) is 3.34. The van der Waals surface area contributed by atoms with E-state index in [0.29, 0.717) is 6.54 Å². The van der Waals surface area contributed by atoms with Crippen LogP contribution in [0.2, 0.25) is 0 Å². The van der Waals surface area contributed by atoms with Gasteiger partial charge in [-0.2, -0.15) is 0 Å². The van der Waals surface area contributed by atoms with Crippen LogP contribution in [0.5, 0.6) is 5.75 Å². The third-order valence-corrected chi connectivity index (χ3v) is 2.14. The van der Waals surface area contributed by atoms with Crippen molar-refractivity contribution in [2.24, 2.45) is 0 Å². The Balaban J connectivity index is 3.11. The van der Waals surface area contributed by atoms with Gasteiger partial charge in [0, 0.05) is 0 Å². The molecule has 1 rings (SSSR count). The van der Waals surface area contributed by atoms with Gasteiger partial charge in [0.2, 0.25) is 0 Å². The van der Waals surface area contributed by atoms with Gasteiger partial charge >= 0.3 is 0 Å². The van der Waals surface area contributed by atoms with Crippen LogP contribution in [0.15, 0.2) is 12.1 Å². The van der Waals surface area contributed by atoms with E-state index in [4.69, 9.17) is 4.74 Å². The van der Waals surface area contributed by atoms with Crippen LogP contribution in [0.25, 0.3) is 0 Å². The Labute approximate surface area is 91.6 Å². The van der Waals surface area contributed by atoms with Gasteiger partial charge in [0.1, 0.15) is 5.75 Å². The predicted octanol–water partition coefficient (Wildman–Crippen LogP) is 1.88. The molecule has 0 saturated heterocycles. The molecule has 0 radical (unpaired) electrons. The van der Waals surface area contributed by atoms with Crippen LogP contribution in [0.4, 0.5) is 0 Å². The maximum absolute atomic E-state index is 5.31. The van der Waals surface area contributed by atoms with Crippen molar-refractivity contribution in [3.63, 3.8) is 0 Å². The molecule has 0 aliphatic carbocycles. The summed E-state index contributed by atoms with van der Waals surface area (Å²) in [5.74, 6) is 7.03. The Kier molecular flexibility index (Phi) is 4.20. The molecule has 80 valence electrons. The molecule has 1 aromatic rings. The van der Waals surface area contributed by atoms with Crippen LogP contribution in [0.3, 0.4) is 0 Å². The molecular formula is C13H17NO. The lowest BCUT2D eigenvalue weighted by atomic mass is 10.0. The van der Waals surface area contributed by atoms with Crippen molar-refractivity contribution in [3.05, 3.63) is 28.8 Å². The molecule has 0 atom stereocenters. The van der Waals surface area contributed by atoms with Crippen LogP contribution in [-0.4, -0.2) is 20.7 Å². The first-order valence-corrected chi connectivity index (χ1v) is 4.97. The highest BCUT2D eigenvalue weighted by molar-refractivity contribution is 5.52. The fraction of sp³-hybridized carbons (Fsp3) is 0.385. The average Bonchev–Trinajstić information content (AvgIpc) is 2.20. The largest absolute Gasteiger partial charge is 0.495 e. The van der Waals surface area contributed by atoms with E-state index in [0.717, 1.165) is 16.9 Å². The minimum Gasteiger partial charge on any atom is -0.495 e. The third kappa shape index (κ3) is 3.00. The molecular weight excluding hydrogens is 186 g/mol. The monoisotopic (exact) mass is 203 g/mol. The minimum atomic E-state index is 0.691. The second-order valence-electron chi connectivity index (χ2n) is 3.49. The zero-order valence-corrected chi connectivity index (χ0v) is 9.77. The molecule has 0 unspecified atom stereocenters. The Morgan fingerprint density at radius 3 is 2.67 bits per heavy atom. The molecule has 1 N–H and O–H groups in total. The van der Waals surface area contributed by atoms with Crippen molar-refractivity contribution in [1.29, 1.82) is 0 Å². The van der Waals surface area contributed by atoms with Gasteiger partial charge in [-0.3, -0.25) is 0 Å². The van der Waals surface area contributed by atoms with E-state index >= 15 is 0 Å². The standard InChI is InChI=1S/C13H17NO/c1-10-8-11(2)12(6-5-7-14-3)13(9-10)15-4/h8-9,14H,7H2,1-4H3. The zero-order chi connectivity index (χ0) is 11.3. The average molecular weight is 203 g/mol. The van der Waals surface area contributed by atoms with Gasteiger partial charge in [-0.25, -0.2) is 0 Å². The molecule has 1 aromatic carbocycles. The van der Waals surface area contributed by atoms with Gasteiger partial charge in [-0.15, -0.1) is 0 Å². The van der Waals surface area contributed by atoms with Gasteiger partial charge in [0.05, 0.1) is 19.2 Å². The lowest BCUT2D eigenvalue weighted by Gasteiger charge is -2.07. The van der Waals surface area contributed by atoms with E-state index in [9.17, 15) is 0 Å². The molecule has 0 spiro atoms. The number of rotatable bonds is 2. The maximum Gasteiger partial charge on any atom is 0.135 e. The second kappa shape index (κ2) is 5.43. The minimum absolute atomic E-state index is 0.691. The zero-order valence-electron chi connectivity index (χ0n) is 9.77. The van der Waals surface area contributed by atoms with Gasteiger partial charge in [-0.05, 0) is 38.1 Å². The van der Waals surface area contributed by atoms with Crippen molar-refractivity contribution < 1.29 is 4.74 Å². The summed E-state index contributed by atoms with van der Waals surface area (Å²) in [6, 6.07) is 4.13. The highest BCUT2D eigenvalue weighted by Crippen LogP contribution is 2.22. The first-order valence-electron chi connectivity index (χ1n) is 4.97. The number of aryl methyl sites for hydroxylation is 2. The normalized spacial score (nSPS) is 9.33. The Hall–Kier alpha value is -1.46. The summed E-state index contributed by atoms with van der Waals surface area (Å²) in [6.07, 6.45) is 0. The fourth-order valence-electron chi connectivity index (χ4n) is 1.47. The Morgan fingerprint density at radius 2 is 2.07 bits per heavy atom. The molecule has 0 heterocycles. The third-order valence-electron chi connectivity index (χ3n) is 2.14. The molecule has 0 amide bonds. The summed E-state index contributed by atoms with van der Waals surface area (Å²) in [7, 11) is 3.56. The number of ether oxygens (including phenoxy) is 1. The van der Waals surface area contributed by atoms with Gasteiger partial charge < -0.3 is 10.1 Å². The number of hydrogen-bond acceptors (Lipinski definition) is 2. The predicted molar refractivity (Wildman–Crippen MR) is 63.3 cm³/mol. The Bertz CT molecular complexity index is 399. The van der Waals surface area contributed by atoms with Crippen molar-refractivity contribution in [1.82, 2.24) is 5.32 Å². The first kappa shape index (κ1) is 11.6. The Morgan fingerprint density at radius 1 is 1.33 bits per heavy atom. The summed E-state index contributed by atoms with van der Waals surface area (Å²) in [6.45, 7) is 4.80. The van der Waals surface area contributed by atoms with E-state index in [1.807, 2.05) is 13.1 Å². The van der Waals surface area contributed by atoms with Crippen LogP contribution >= 0.6 is 0 Å². The highest BCUT2D eigenvalue weighted by atomic mass is 16.5. The fourth-order valence-corrected chi connectivity index (χ4v) is 1.47. The summed E-state index contributed by atoms with van der Waals surface area (Å²) in [5, 5.41) is 2.99. The molecule has 0 saturated carbocycles. The molecule has 15 heavy (non-hydrogen) atoms. The molecule has 2 nitrogen and oxygen atoms in total. The van der Waals surface area contributed by atoms with Gasteiger partial charge in [-0.1, -0.05) is 17.9 Å². The van der Waals surface area contributed by atoms with Crippen molar-refractivity contribution >= 4 is 0 Å². The van der Waals surface area contributed by atoms with Crippen LogP contribution in [0.1, 0.15) is 16.7 Å². The lowest BCUT2D eigenvalue weighted by molar-refractivity contribution is 0.413. The van der Waals surface area contributed by atoms with E-state index in [2.05, 4.69) is 37.1 Å². The summed E-state index contributed by atoms with van der Waals surface area (Å²) < 4.78 is 5.31.